The summed E-state index contributed by atoms with van der Waals surface area (Å²) < 4.78 is 4.41. The third kappa shape index (κ3) is 1.61. The summed E-state index contributed by atoms with van der Waals surface area (Å²) in [7, 11) is 0. The first-order valence-electron chi connectivity index (χ1n) is 4.03. The second kappa shape index (κ2) is 3.38. The molecule has 1 aromatic rings. The van der Waals surface area contributed by atoms with Crippen LogP contribution in [-0.4, -0.2) is 16.9 Å². The molecule has 0 radical (unpaired) electrons. The Morgan fingerprint density at radius 2 is 2.21 bits per heavy atom. The average Bonchev–Trinajstić information content (AvgIpc) is 2.47. The lowest BCUT2D eigenvalue weighted by atomic mass is 10.0. The molecule has 1 aliphatic heterocycles. The van der Waals surface area contributed by atoms with Crippen molar-refractivity contribution >= 4 is 23.5 Å². The fourth-order valence-electron chi connectivity index (χ4n) is 1.29. The van der Waals surface area contributed by atoms with E-state index in [1.165, 1.54) is 6.20 Å². The molecule has 1 atom stereocenters. The molecule has 1 fully saturated rings. The van der Waals surface area contributed by atoms with E-state index in [0.717, 1.165) is 0 Å². The number of esters is 2. The van der Waals surface area contributed by atoms with Crippen LogP contribution in [0.3, 0.4) is 0 Å². The summed E-state index contributed by atoms with van der Waals surface area (Å²) in [5, 5.41) is 0.492. The molecular weight excluding hydrogens is 206 g/mol. The van der Waals surface area contributed by atoms with E-state index in [4.69, 9.17) is 11.6 Å². The normalized spacial score (nSPS) is 21.1. The summed E-state index contributed by atoms with van der Waals surface area (Å²) in [6.07, 6.45) is 1.50. The third-order valence-corrected chi connectivity index (χ3v) is 2.20. The number of nitrogens with zero attached hydrogens (tertiary/aromatic N) is 1. The minimum atomic E-state index is -0.570. The molecule has 0 saturated carbocycles. The second-order valence-corrected chi connectivity index (χ2v) is 3.39. The van der Waals surface area contributed by atoms with Gasteiger partial charge in [-0.2, -0.15) is 0 Å². The third-order valence-electron chi connectivity index (χ3n) is 1.98. The van der Waals surface area contributed by atoms with Crippen LogP contribution in [0.25, 0.3) is 0 Å². The molecule has 1 aromatic heterocycles. The fourth-order valence-corrected chi connectivity index (χ4v) is 1.41. The van der Waals surface area contributed by atoms with Gasteiger partial charge >= 0.3 is 11.9 Å². The van der Waals surface area contributed by atoms with Gasteiger partial charge in [0.25, 0.3) is 0 Å². The van der Waals surface area contributed by atoms with Gasteiger partial charge in [0.2, 0.25) is 0 Å². The number of rotatable bonds is 1. The van der Waals surface area contributed by atoms with Crippen molar-refractivity contribution in [1.82, 2.24) is 4.98 Å². The maximum atomic E-state index is 11.2. The smallest absolute Gasteiger partial charge is 0.323 e. The zero-order valence-corrected chi connectivity index (χ0v) is 7.82. The van der Waals surface area contributed by atoms with E-state index in [1.54, 1.807) is 12.1 Å². The van der Waals surface area contributed by atoms with E-state index in [0.29, 0.717) is 10.7 Å². The first-order valence-corrected chi connectivity index (χ1v) is 4.40. The summed E-state index contributed by atoms with van der Waals surface area (Å²) in [6, 6.07) is 3.24. The molecule has 5 heteroatoms. The summed E-state index contributed by atoms with van der Waals surface area (Å²) in [6.45, 7) is 0. The molecule has 0 N–H and O–H groups in total. The van der Waals surface area contributed by atoms with Gasteiger partial charge in [-0.3, -0.25) is 14.6 Å². The maximum absolute atomic E-state index is 11.2. The Hall–Kier alpha value is -1.42. The zero-order valence-electron chi connectivity index (χ0n) is 7.07. The highest BCUT2D eigenvalue weighted by Crippen LogP contribution is 2.26. The van der Waals surface area contributed by atoms with E-state index < -0.39 is 17.9 Å². The Kier molecular flexibility index (Phi) is 2.21. The monoisotopic (exact) mass is 211 g/mol. The van der Waals surface area contributed by atoms with Gasteiger partial charge in [0.1, 0.15) is 5.92 Å². The van der Waals surface area contributed by atoms with Crippen LogP contribution in [0, 0.1) is 0 Å². The molecule has 1 unspecified atom stereocenters. The van der Waals surface area contributed by atoms with Gasteiger partial charge < -0.3 is 4.74 Å². The standard InChI is InChI=1S/C9H6ClNO3/c10-5-1-2-7(11-4-5)6-3-8(12)14-9(6)13/h1-2,4,6H,3H2. The number of carbonyl (C=O) groups is 2. The fraction of sp³-hybridized carbons (Fsp3) is 0.222. The second-order valence-electron chi connectivity index (χ2n) is 2.95. The minimum Gasteiger partial charge on any atom is -0.393 e. The van der Waals surface area contributed by atoms with Crippen LogP contribution in [0.5, 0.6) is 0 Å². The topological polar surface area (TPSA) is 56.3 Å². The lowest BCUT2D eigenvalue weighted by molar-refractivity contribution is -0.152. The van der Waals surface area contributed by atoms with E-state index in [1.807, 2.05) is 0 Å². The quantitative estimate of drug-likeness (QED) is 0.519. The Labute approximate surface area is 84.8 Å². The summed E-state index contributed by atoms with van der Waals surface area (Å²) >= 11 is 5.64. The Bertz CT molecular complexity index is 388. The van der Waals surface area contributed by atoms with Crippen LogP contribution in [0.4, 0.5) is 0 Å². The predicted molar refractivity (Wildman–Crippen MR) is 47.7 cm³/mol. The number of carbonyl (C=O) groups excluding carboxylic acids is 2. The highest BCUT2D eigenvalue weighted by Gasteiger charge is 2.35. The van der Waals surface area contributed by atoms with Crippen molar-refractivity contribution in [1.29, 1.82) is 0 Å². The molecule has 1 aliphatic rings. The Balaban J connectivity index is 2.27. The number of hydrogen-bond donors (Lipinski definition) is 0. The summed E-state index contributed by atoms with van der Waals surface area (Å²) in [4.78, 5) is 25.9. The number of ether oxygens (including phenoxy) is 1. The van der Waals surface area contributed by atoms with Gasteiger partial charge in [-0.25, -0.2) is 0 Å². The van der Waals surface area contributed by atoms with Crippen LogP contribution >= 0.6 is 11.6 Å². The highest BCUT2D eigenvalue weighted by molar-refractivity contribution is 6.30. The van der Waals surface area contributed by atoms with E-state index in [-0.39, 0.29) is 6.42 Å². The molecule has 1 saturated heterocycles. The van der Waals surface area contributed by atoms with Crippen LogP contribution in [0.15, 0.2) is 18.3 Å². The zero-order chi connectivity index (χ0) is 10.1. The molecule has 0 amide bonds. The van der Waals surface area contributed by atoms with Gasteiger partial charge in [-0.15, -0.1) is 0 Å². The molecule has 0 spiro atoms. The first-order chi connectivity index (χ1) is 6.66. The van der Waals surface area contributed by atoms with Gasteiger partial charge in [0, 0.05) is 6.20 Å². The summed E-state index contributed by atoms with van der Waals surface area (Å²) in [5.41, 5.74) is 0.519. The SMILES string of the molecule is O=C1CC(c2ccc(Cl)cn2)C(=O)O1. The maximum Gasteiger partial charge on any atom is 0.323 e. The highest BCUT2D eigenvalue weighted by atomic mass is 35.5. The van der Waals surface area contributed by atoms with Crippen molar-refractivity contribution in [3.8, 4) is 0 Å². The van der Waals surface area contributed by atoms with Crippen LogP contribution in [0.1, 0.15) is 18.0 Å². The van der Waals surface area contributed by atoms with Crippen molar-refractivity contribution in [3.05, 3.63) is 29.0 Å². The Morgan fingerprint density at radius 1 is 1.43 bits per heavy atom. The molecule has 2 heterocycles. The van der Waals surface area contributed by atoms with E-state index >= 15 is 0 Å². The largest absolute Gasteiger partial charge is 0.393 e. The lowest BCUT2D eigenvalue weighted by Crippen LogP contribution is -2.07. The predicted octanol–water partition coefficient (Wildman–Crippen LogP) is 1.29. The number of aromatic nitrogens is 1. The lowest BCUT2D eigenvalue weighted by Gasteiger charge is -2.02. The van der Waals surface area contributed by atoms with Crippen LogP contribution in [-0.2, 0) is 14.3 Å². The van der Waals surface area contributed by atoms with Gasteiger partial charge in [0.15, 0.2) is 0 Å². The van der Waals surface area contributed by atoms with Gasteiger partial charge in [-0.05, 0) is 12.1 Å². The molecule has 0 aromatic carbocycles. The number of pyridine rings is 1. The molecule has 0 bridgehead atoms. The van der Waals surface area contributed by atoms with Crippen molar-refractivity contribution < 1.29 is 14.3 Å². The van der Waals surface area contributed by atoms with E-state index in [9.17, 15) is 9.59 Å². The molecule has 2 rings (SSSR count). The van der Waals surface area contributed by atoms with Gasteiger partial charge in [0.05, 0.1) is 17.1 Å². The minimum absolute atomic E-state index is 0.0630. The number of halogens is 1. The van der Waals surface area contributed by atoms with Crippen molar-refractivity contribution in [2.45, 2.75) is 12.3 Å². The number of cyclic esters (lactones) is 2. The summed E-state index contributed by atoms with van der Waals surface area (Å²) in [5.74, 6) is -1.61. The molecule has 14 heavy (non-hydrogen) atoms. The molecule has 4 nitrogen and oxygen atoms in total. The number of hydrogen-bond acceptors (Lipinski definition) is 4. The van der Waals surface area contributed by atoms with Crippen LogP contribution in [0.2, 0.25) is 5.02 Å². The molecule has 72 valence electrons. The van der Waals surface area contributed by atoms with Crippen molar-refractivity contribution in [3.63, 3.8) is 0 Å². The van der Waals surface area contributed by atoms with Gasteiger partial charge in [-0.1, -0.05) is 11.6 Å². The molecule has 0 aliphatic carbocycles. The van der Waals surface area contributed by atoms with Crippen LogP contribution < -0.4 is 0 Å². The van der Waals surface area contributed by atoms with Crippen molar-refractivity contribution in [2.75, 3.05) is 0 Å². The Morgan fingerprint density at radius 3 is 2.71 bits per heavy atom. The molecular formula is C9H6ClNO3. The van der Waals surface area contributed by atoms with E-state index in [2.05, 4.69) is 9.72 Å². The average molecular weight is 212 g/mol. The van der Waals surface area contributed by atoms with Crippen molar-refractivity contribution in [2.24, 2.45) is 0 Å². The first kappa shape index (κ1) is 9.15.